The van der Waals surface area contributed by atoms with Gasteiger partial charge in [-0.25, -0.2) is 4.79 Å². The highest BCUT2D eigenvalue weighted by atomic mass is 16.6. The van der Waals surface area contributed by atoms with Crippen LogP contribution in [-0.4, -0.2) is 48.0 Å². The zero-order chi connectivity index (χ0) is 14.5. The van der Waals surface area contributed by atoms with E-state index in [2.05, 4.69) is 5.32 Å². The Bertz CT molecular complexity index is 393. The average molecular weight is 283 g/mol. The zero-order valence-corrected chi connectivity index (χ0v) is 11.5. The van der Waals surface area contributed by atoms with Crippen LogP contribution in [0.2, 0.25) is 0 Å². The monoisotopic (exact) mass is 283 g/mol. The number of likely N-dealkylation sites (tertiary alicyclic amines) is 1. The van der Waals surface area contributed by atoms with E-state index < -0.39 is 18.0 Å². The lowest BCUT2D eigenvalue weighted by atomic mass is 10.2. The molecule has 3 N–H and O–H groups in total. The fourth-order valence-electron chi connectivity index (χ4n) is 2.85. The Morgan fingerprint density at radius 3 is 2.50 bits per heavy atom. The van der Waals surface area contributed by atoms with Gasteiger partial charge in [0.1, 0.15) is 6.04 Å². The molecular formula is C13H21N3O4. The molecule has 2 rings (SSSR count). The van der Waals surface area contributed by atoms with Crippen LogP contribution >= 0.6 is 0 Å². The Balaban J connectivity index is 1.73. The minimum absolute atomic E-state index is 0.155. The maximum atomic E-state index is 11.9. The van der Waals surface area contributed by atoms with E-state index in [1.807, 2.05) is 0 Å². The highest BCUT2D eigenvalue weighted by molar-refractivity contribution is 5.88. The van der Waals surface area contributed by atoms with Gasteiger partial charge in [-0.1, -0.05) is 12.8 Å². The fourth-order valence-corrected chi connectivity index (χ4v) is 2.85. The molecule has 0 spiro atoms. The minimum atomic E-state index is -0.569. The molecule has 3 amide bonds. The summed E-state index contributed by atoms with van der Waals surface area (Å²) in [5.74, 6) is -0.876. The number of amides is 3. The Morgan fingerprint density at radius 2 is 1.85 bits per heavy atom. The van der Waals surface area contributed by atoms with Gasteiger partial charge in [0, 0.05) is 12.6 Å². The van der Waals surface area contributed by atoms with Crippen molar-refractivity contribution in [1.82, 2.24) is 10.2 Å². The minimum Gasteiger partial charge on any atom is -0.439 e. The van der Waals surface area contributed by atoms with Gasteiger partial charge in [0.25, 0.3) is 5.91 Å². The number of nitrogens with one attached hydrogen (secondary N) is 1. The molecule has 7 nitrogen and oxygen atoms in total. The molecule has 1 aliphatic carbocycles. The van der Waals surface area contributed by atoms with Crippen LogP contribution in [0.5, 0.6) is 0 Å². The van der Waals surface area contributed by atoms with E-state index >= 15 is 0 Å². The molecular weight excluding hydrogens is 262 g/mol. The summed E-state index contributed by atoms with van der Waals surface area (Å²) in [5, 5.41) is 2.74. The summed E-state index contributed by atoms with van der Waals surface area (Å²) in [6.07, 6.45) is 4.89. The van der Waals surface area contributed by atoms with Crippen LogP contribution in [0, 0.1) is 0 Å². The highest BCUT2D eigenvalue weighted by Crippen LogP contribution is 2.18. The number of hydrogen-bond acceptors (Lipinski definition) is 4. The Kier molecular flexibility index (Phi) is 4.81. The lowest BCUT2D eigenvalue weighted by molar-refractivity contribution is -0.139. The molecule has 7 heteroatoms. The first-order chi connectivity index (χ1) is 9.58. The number of hydrogen-bond donors (Lipinski definition) is 2. The van der Waals surface area contributed by atoms with Gasteiger partial charge >= 0.3 is 6.09 Å². The van der Waals surface area contributed by atoms with Crippen molar-refractivity contribution < 1.29 is 19.1 Å². The summed E-state index contributed by atoms with van der Waals surface area (Å²) >= 11 is 0. The number of nitrogens with two attached hydrogens (primary N) is 1. The number of rotatable bonds is 4. The third-order valence-electron chi connectivity index (χ3n) is 3.91. The topological polar surface area (TPSA) is 102 Å². The SMILES string of the molecule is NC(=O)[C@@H]1CCCN1C(=O)COC(=O)NC1CCCC1. The van der Waals surface area contributed by atoms with E-state index in [1.165, 1.54) is 4.90 Å². The molecule has 0 aromatic rings. The predicted octanol–water partition coefficient (Wildman–Crippen LogP) is 0.131. The first-order valence-electron chi connectivity index (χ1n) is 7.10. The third-order valence-corrected chi connectivity index (χ3v) is 3.91. The van der Waals surface area contributed by atoms with E-state index in [0.29, 0.717) is 13.0 Å². The van der Waals surface area contributed by atoms with Crippen molar-refractivity contribution in [3.63, 3.8) is 0 Å². The van der Waals surface area contributed by atoms with Crippen LogP contribution in [0.1, 0.15) is 38.5 Å². The molecule has 112 valence electrons. The third kappa shape index (κ3) is 3.61. The number of carbonyl (C=O) groups excluding carboxylic acids is 3. The molecule has 2 aliphatic rings. The summed E-state index contributed by atoms with van der Waals surface area (Å²) in [7, 11) is 0. The Labute approximate surface area is 117 Å². The van der Waals surface area contributed by atoms with Gasteiger partial charge in [0.05, 0.1) is 0 Å². The summed E-state index contributed by atoms with van der Waals surface area (Å²) in [6, 6.07) is -0.410. The van der Waals surface area contributed by atoms with Gasteiger partial charge in [-0.2, -0.15) is 0 Å². The molecule has 0 unspecified atom stereocenters. The van der Waals surface area contributed by atoms with Crippen LogP contribution in [-0.2, 0) is 14.3 Å². The fraction of sp³-hybridized carbons (Fsp3) is 0.769. The van der Waals surface area contributed by atoms with E-state index in [9.17, 15) is 14.4 Å². The van der Waals surface area contributed by atoms with Gasteiger partial charge in [0.15, 0.2) is 6.61 Å². The summed E-state index contributed by atoms with van der Waals surface area (Å²) in [6.45, 7) is 0.141. The quantitative estimate of drug-likeness (QED) is 0.765. The molecule has 0 bridgehead atoms. The van der Waals surface area contributed by atoms with Gasteiger partial charge in [0.2, 0.25) is 5.91 Å². The Hall–Kier alpha value is -1.79. The first-order valence-corrected chi connectivity index (χ1v) is 7.10. The van der Waals surface area contributed by atoms with Crippen molar-refractivity contribution in [1.29, 1.82) is 0 Å². The molecule has 1 heterocycles. The predicted molar refractivity (Wildman–Crippen MR) is 70.7 cm³/mol. The van der Waals surface area contributed by atoms with Gasteiger partial charge in [-0.3, -0.25) is 9.59 Å². The average Bonchev–Trinajstić information content (AvgIpc) is 3.06. The normalized spacial score (nSPS) is 22.8. The van der Waals surface area contributed by atoms with Crippen LogP contribution < -0.4 is 11.1 Å². The number of nitrogens with zero attached hydrogens (tertiary/aromatic N) is 1. The second-order valence-corrected chi connectivity index (χ2v) is 5.35. The van der Waals surface area contributed by atoms with E-state index in [0.717, 1.165) is 32.1 Å². The number of carbonyl (C=O) groups is 3. The summed E-state index contributed by atoms with van der Waals surface area (Å²) in [5.41, 5.74) is 5.24. The van der Waals surface area contributed by atoms with Crippen LogP contribution in [0.25, 0.3) is 0 Å². The second-order valence-electron chi connectivity index (χ2n) is 5.35. The van der Waals surface area contributed by atoms with Crippen LogP contribution in [0.15, 0.2) is 0 Å². The summed E-state index contributed by atoms with van der Waals surface area (Å²) < 4.78 is 4.91. The Morgan fingerprint density at radius 1 is 1.15 bits per heavy atom. The van der Waals surface area contributed by atoms with Crippen LogP contribution in [0.4, 0.5) is 4.79 Å². The molecule has 1 atom stereocenters. The van der Waals surface area contributed by atoms with Crippen molar-refractivity contribution in [3.8, 4) is 0 Å². The second kappa shape index (κ2) is 6.58. The molecule has 20 heavy (non-hydrogen) atoms. The number of alkyl carbamates (subject to hydrolysis) is 1. The standard InChI is InChI=1S/C13H21N3O4/c14-12(18)10-6-3-7-16(10)11(17)8-20-13(19)15-9-4-1-2-5-9/h9-10H,1-8H2,(H2,14,18)(H,15,19)/t10-/m0/s1. The first kappa shape index (κ1) is 14.6. The molecule has 0 radical (unpaired) electrons. The molecule has 0 aromatic carbocycles. The molecule has 0 aromatic heterocycles. The number of primary amides is 1. The van der Waals surface area contributed by atoms with Crippen molar-refractivity contribution >= 4 is 17.9 Å². The van der Waals surface area contributed by atoms with Crippen molar-refractivity contribution in [2.75, 3.05) is 13.2 Å². The van der Waals surface area contributed by atoms with Gasteiger partial charge in [-0.15, -0.1) is 0 Å². The van der Waals surface area contributed by atoms with Gasteiger partial charge < -0.3 is 20.7 Å². The van der Waals surface area contributed by atoms with Crippen molar-refractivity contribution in [3.05, 3.63) is 0 Å². The van der Waals surface area contributed by atoms with Gasteiger partial charge in [-0.05, 0) is 25.7 Å². The molecule has 1 aliphatic heterocycles. The highest BCUT2D eigenvalue weighted by Gasteiger charge is 2.33. The lowest BCUT2D eigenvalue weighted by Crippen LogP contribution is -2.46. The smallest absolute Gasteiger partial charge is 0.407 e. The van der Waals surface area contributed by atoms with Crippen molar-refractivity contribution in [2.24, 2.45) is 5.73 Å². The molecule has 2 fully saturated rings. The zero-order valence-electron chi connectivity index (χ0n) is 11.5. The molecule has 1 saturated carbocycles. The van der Waals surface area contributed by atoms with E-state index in [1.54, 1.807) is 0 Å². The van der Waals surface area contributed by atoms with E-state index in [4.69, 9.17) is 10.5 Å². The summed E-state index contributed by atoms with van der Waals surface area (Å²) in [4.78, 5) is 36.0. The maximum Gasteiger partial charge on any atom is 0.407 e. The van der Waals surface area contributed by atoms with Crippen LogP contribution in [0.3, 0.4) is 0 Å². The molecule has 1 saturated heterocycles. The largest absolute Gasteiger partial charge is 0.439 e. The number of ether oxygens (including phenoxy) is 1. The lowest BCUT2D eigenvalue weighted by Gasteiger charge is -2.22. The van der Waals surface area contributed by atoms with Crippen molar-refractivity contribution in [2.45, 2.75) is 50.6 Å². The van der Waals surface area contributed by atoms with E-state index in [-0.39, 0.29) is 18.6 Å². The maximum absolute atomic E-state index is 11.9.